The lowest BCUT2D eigenvalue weighted by atomic mass is 10.1. The standard InChI is InChI=1S/C16H19N3O4S/c1-11-9-15(19(20)21)16(10-12(11)2)24(22,23)18-8-7-13-3-5-14(17)6-4-13/h3-6,9-10,18H,7-8,17H2,1-2H3. The first kappa shape index (κ1) is 17.9. The molecular weight excluding hydrogens is 330 g/mol. The molecule has 0 aliphatic rings. The summed E-state index contributed by atoms with van der Waals surface area (Å²) < 4.78 is 27.3. The maximum atomic E-state index is 12.4. The predicted molar refractivity (Wildman–Crippen MR) is 92.3 cm³/mol. The number of anilines is 1. The monoisotopic (exact) mass is 349 g/mol. The Labute approximate surface area is 140 Å². The predicted octanol–water partition coefficient (Wildman–Crippen LogP) is 2.31. The number of nitrogens with one attached hydrogen (secondary N) is 1. The first-order chi connectivity index (χ1) is 11.2. The summed E-state index contributed by atoms with van der Waals surface area (Å²) in [7, 11) is -3.97. The third kappa shape index (κ3) is 4.09. The van der Waals surface area contributed by atoms with Gasteiger partial charge in [0.05, 0.1) is 4.92 Å². The van der Waals surface area contributed by atoms with Crippen LogP contribution in [0.25, 0.3) is 0 Å². The highest BCUT2D eigenvalue weighted by Gasteiger charge is 2.26. The van der Waals surface area contributed by atoms with Gasteiger partial charge in [0, 0.05) is 18.3 Å². The molecule has 0 aliphatic heterocycles. The fourth-order valence-electron chi connectivity index (χ4n) is 2.22. The van der Waals surface area contributed by atoms with E-state index in [0.717, 1.165) is 5.56 Å². The zero-order valence-corrected chi connectivity index (χ0v) is 14.3. The molecular formula is C16H19N3O4S. The molecule has 8 heteroatoms. The van der Waals surface area contributed by atoms with E-state index in [4.69, 9.17) is 5.73 Å². The second-order valence-electron chi connectivity index (χ2n) is 5.55. The number of benzene rings is 2. The highest BCUT2D eigenvalue weighted by Crippen LogP contribution is 2.27. The number of rotatable bonds is 6. The first-order valence-electron chi connectivity index (χ1n) is 7.30. The number of nitrogen functional groups attached to an aromatic ring is 1. The molecule has 0 radical (unpaired) electrons. The van der Waals surface area contributed by atoms with Crippen LogP contribution in [-0.2, 0) is 16.4 Å². The number of nitrogens with two attached hydrogens (primary N) is 1. The van der Waals surface area contributed by atoms with Gasteiger partial charge in [-0.05, 0) is 55.2 Å². The quantitative estimate of drug-likeness (QED) is 0.472. The van der Waals surface area contributed by atoms with Gasteiger partial charge in [0.25, 0.3) is 5.69 Å². The van der Waals surface area contributed by atoms with Crippen LogP contribution in [0.15, 0.2) is 41.3 Å². The van der Waals surface area contributed by atoms with Crippen LogP contribution in [-0.4, -0.2) is 19.9 Å². The van der Waals surface area contributed by atoms with Crippen molar-refractivity contribution < 1.29 is 13.3 Å². The summed E-state index contributed by atoms with van der Waals surface area (Å²) in [6, 6.07) is 9.70. The van der Waals surface area contributed by atoms with E-state index in [1.165, 1.54) is 12.1 Å². The zero-order valence-electron chi connectivity index (χ0n) is 13.4. The number of nitro benzene ring substituents is 1. The summed E-state index contributed by atoms with van der Waals surface area (Å²) in [5.74, 6) is 0. The van der Waals surface area contributed by atoms with Crippen molar-refractivity contribution in [3.8, 4) is 0 Å². The Kier molecular flexibility index (Phi) is 5.20. The second-order valence-corrected chi connectivity index (χ2v) is 7.29. The fraction of sp³-hybridized carbons (Fsp3) is 0.250. The molecule has 7 nitrogen and oxygen atoms in total. The zero-order chi connectivity index (χ0) is 17.9. The van der Waals surface area contributed by atoms with Crippen LogP contribution < -0.4 is 10.5 Å². The lowest BCUT2D eigenvalue weighted by Gasteiger charge is -2.10. The minimum absolute atomic E-state index is 0.135. The Bertz CT molecular complexity index is 862. The van der Waals surface area contributed by atoms with Gasteiger partial charge in [-0.15, -0.1) is 0 Å². The minimum atomic E-state index is -3.97. The van der Waals surface area contributed by atoms with Crippen molar-refractivity contribution in [1.29, 1.82) is 0 Å². The topological polar surface area (TPSA) is 115 Å². The molecule has 2 rings (SSSR count). The Hall–Kier alpha value is -2.45. The molecule has 128 valence electrons. The Morgan fingerprint density at radius 2 is 1.71 bits per heavy atom. The summed E-state index contributed by atoms with van der Waals surface area (Å²) in [4.78, 5) is 10.2. The van der Waals surface area contributed by atoms with E-state index in [0.29, 0.717) is 23.2 Å². The van der Waals surface area contributed by atoms with Gasteiger partial charge in [0.1, 0.15) is 0 Å². The molecule has 0 atom stereocenters. The Balaban J connectivity index is 2.19. The normalized spacial score (nSPS) is 11.4. The van der Waals surface area contributed by atoms with Crippen molar-refractivity contribution in [2.24, 2.45) is 0 Å². The highest BCUT2D eigenvalue weighted by molar-refractivity contribution is 7.89. The number of nitrogens with zero attached hydrogens (tertiary/aromatic N) is 1. The summed E-state index contributed by atoms with van der Waals surface area (Å²) >= 11 is 0. The van der Waals surface area contributed by atoms with Crippen molar-refractivity contribution >= 4 is 21.4 Å². The minimum Gasteiger partial charge on any atom is -0.399 e. The molecule has 0 aliphatic carbocycles. The maximum Gasteiger partial charge on any atom is 0.289 e. The second kappa shape index (κ2) is 6.98. The molecule has 3 N–H and O–H groups in total. The van der Waals surface area contributed by atoms with Gasteiger partial charge in [-0.2, -0.15) is 0 Å². The molecule has 0 saturated heterocycles. The van der Waals surface area contributed by atoms with Crippen LogP contribution in [0, 0.1) is 24.0 Å². The lowest BCUT2D eigenvalue weighted by molar-refractivity contribution is -0.387. The van der Waals surface area contributed by atoms with Gasteiger partial charge < -0.3 is 5.73 Å². The third-order valence-electron chi connectivity index (χ3n) is 3.75. The molecule has 0 saturated carbocycles. The van der Waals surface area contributed by atoms with E-state index >= 15 is 0 Å². The lowest BCUT2D eigenvalue weighted by Crippen LogP contribution is -2.26. The summed E-state index contributed by atoms with van der Waals surface area (Å²) in [6.07, 6.45) is 0.456. The van der Waals surface area contributed by atoms with Gasteiger partial charge >= 0.3 is 0 Å². The average molecular weight is 349 g/mol. The third-order valence-corrected chi connectivity index (χ3v) is 5.24. The smallest absolute Gasteiger partial charge is 0.289 e. The first-order valence-corrected chi connectivity index (χ1v) is 8.79. The van der Waals surface area contributed by atoms with Gasteiger partial charge in [-0.1, -0.05) is 12.1 Å². The average Bonchev–Trinajstić information content (AvgIpc) is 2.51. The van der Waals surface area contributed by atoms with Crippen LogP contribution in [0.4, 0.5) is 11.4 Å². The number of aryl methyl sites for hydroxylation is 2. The molecule has 24 heavy (non-hydrogen) atoms. The van der Waals surface area contributed by atoms with Gasteiger partial charge in [-0.3, -0.25) is 10.1 Å². The highest BCUT2D eigenvalue weighted by atomic mass is 32.2. The number of nitro groups is 1. The molecule has 0 fully saturated rings. The Morgan fingerprint density at radius 1 is 1.12 bits per heavy atom. The number of sulfonamides is 1. The van der Waals surface area contributed by atoms with Crippen LogP contribution in [0.1, 0.15) is 16.7 Å². The molecule has 0 heterocycles. The van der Waals surface area contributed by atoms with E-state index in [1.54, 1.807) is 26.0 Å². The van der Waals surface area contributed by atoms with Crippen molar-refractivity contribution in [2.45, 2.75) is 25.2 Å². The van der Waals surface area contributed by atoms with Crippen molar-refractivity contribution in [2.75, 3.05) is 12.3 Å². The molecule has 2 aromatic carbocycles. The van der Waals surface area contributed by atoms with E-state index in [-0.39, 0.29) is 11.4 Å². The molecule has 0 bridgehead atoms. The summed E-state index contributed by atoms with van der Waals surface area (Å²) in [5.41, 5.74) is 8.07. The molecule has 0 unspecified atom stereocenters. The fourth-order valence-corrected chi connectivity index (χ4v) is 3.49. The van der Waals surface area contributed by atoms with Crippen LogP contribution in [0.3, 0.4) is 0 Å². The molecule has 0 aromatic heterocycles. The van der Waals surface area contributed by atoms with E-state index in [9.17, 15) is 18.5 Å². The van der Waals surface area contributed by atoms with Crippen LogP contribution in [0.5, 0.6) is 0 Å². The van der Waals surface area contributed by atoms with Gasteiger partial charge in [0.15, 0.2) is 4.90 Å². The maximum absolute atomic E-state index is 12.4. The molecule has 0 amide bonds. The van der Waals surface area contributed by atoms with Crippen molar-refractivity contribution in [3.05, 3.63) is 63.2 Å². The summed E-state index contributed by atoms with van der Waals surface area (Å²) in [5, 5.41) is 11.2. The van der Waals surface area contributed by atoms with Crippen molar-refractivity contribution in [1.82, 2.24) is 4.72 Å². The Morgan fingerprint density at radius 3 is 2.29 bits per heavy atom. The van der Waals surface area contributed by atoms with E-state index < -0.39 is 20.6 Å². The largest absolute Gasteiger partial charge is 0.399 e. The van der Waals surface area contributed by atoms with E-state index in [2.05, 4.69) is 4.72 Å². The van der Waals surface area contributed by atoms with Gasteiger partial charge in [0.2, 0.25) is 10.0 Å². The SMILES string of the molecule is Cc1cc([N+](=O)[O-])c(S(=O)(=O)NCCc2ccc(N)cc2)cc1C. The van der Waals surface area contributed by atoms with Crippen molar-refractivity contribution in [3.63, 3.8) is 0 Å². The number of hydrogen-bond donors (Lipinski definition) is 2. The van der Waals surface area contributed by atoms with E-state index in [1.807, 2.05) is 12.1 Å². The summed E-state index contributed by atoms with van der Waals surface area (Å²) in [6.45, 7) is 3.55. The molecule has 0 spiro atoms. The van der Waals surface area contributed by atoms with Gasteiger partial charge in [-0.25, -0.2) is 13.1 Å². The van der Waals surface area contributed by atoms with Crippen LogP contribution in [0.2, 0.25) is 0 Å². The molecule has 2 aromatic rings. The number of hydrogen-bond acceptors (Lipinski definition) is 5. The van der Waals surface area contributed by atoms with Crippen LogP contribution >= 0.6 is 0 Å².